The summed E-state index contributed by atoms with van der Waals surface area (Å²) in [6.45, 7) is 13.2. The van der Waals surface area contributed by atoms with Crippen LogP contribution in [-0.4, -0.2) is 112 Å². The summed E-state index contributed by atoms with van der Waals surface area (Å²) in [4.78, 5) is 0. The van der Waals surface area contributed by atoms with Crippen LogP contribution in [0.3, 0.4) is 0 Å². The van der Waals surface area contributed by atoms with E-state index in [4.69, 9.17) is 10.2 Å². The number of aliphatic hydroxyl groups is 2. The Kier molecular flexibility index (Phi) is 115. The third-order valence-corrected chi connectivity index (χ3v) is 3.55. The molecule has 0 fully saturated rings. The monoisotopic (exact) mass is 910 g/mol. The molecule has 0 heterocycles. The Hall–Kier alpha value is 0.817. The van der Waals surface area contributed by atoms with E-state index in [1.54, 1.807) is 45.0 Å². The second kappa shape index (κ2) is 72.8. The summed E-state index contributed by atoms with van der Waals surface area (Å²) in [5.74, 6) is 0. The number of rotatable bonds is 8. The molecule has 0 radical (unpaired) electrons. The minimum Gasteiger partial charge on any atom is -0.394 e. The molecule has 240 valence electrons. The van der Waals surface area contributed by atoms with Gasteiger partial charge in [0.05, 0.1) is 26.4 Å². The fraction of sp³-hybridized carbons (Fsp3) is 0.750. The molecule has 0 saturated heterocycles. The van der Waals surface area contributed by atoms with E-state index in [0.717, 1.165) is 0 Å². The minimum absolute atomic E-state index is 0.0278. The minimum atomic E-state index is -0.250. The normalized spacial score (nSPS) is 7.37. The molecule has 2 N–H and O–H groups in total. The second-order valence-corrected chi connectivity index (χ2v) is 12.5. The third-order valence-electron chi connectivity index (χ3n) is 1.53. The SMILES string of the molecule is CC([O-])=S.CC([O-])=S.CC([O-])=S.CC([O-])=S.CC([O-])=S.CC([O-])=S.CCC[CH2][Sn+3].CCC[CH2][Sn+3].OCCOCCO. The average Bonchev–Trinajstić information content (AvgIpc) is 2.74. The summed E-state index contributed by atoms with van der Waals surface area (Å²) >= 11 is 27.3. The van der Waals surface area contributed by atoms with Crippen molar-refractivity contribution in [2.45, 2.75) is 89.9 Å². The van der Waals surface area contributed by atoms with E-state index in [1.165, 1.54) is 76.1 Å². The van der Waals surface area contributed by atoms with Crippen molar-refractivity contribution in [3.63, 3.8) is 0 Å². The van der Waals surface area contributed by atoms with Gasteiger partial charge in [0.2, 0.25) is 0 Å². The first-order valence-corrected chi connectivity index (χ1v) is 18.3. The van der Waals surface area contributed by atoms with Gasteiger partial charge >= 0.3 is 93.5 Å². The summed E-state index contributed by atoms with van der Waals surface area (Å²) in [6, 6.07) is 0. The zero-order valence-corrected chi connectivity index (χ0v) is 35.9. The maximum absolute atomic E-state index is 9.26. The molecular weight excluding hydrogens is 862 g/mol. The Morgan fingerprint density at radius 1 is 0.512 bits per heavy atom. The molecule has 0 amide bonds. The summed E-state index contributed by atoms with van der Waals surface area (Å²) in [7, 11) is 0. The molecular formula is C24H46O9S6Sn2. The zero-order valence-electron chi connectivity index (χ0n) is 25.3. The molecule has 17 heteroatoms. The maximum Gasteiger partial charge on any atom is 0.0698 e. The first-order chi connectivity index (χ1) is 18.6. The second-order valence-electron chi connectivity index (χ2n) is 6.22. The van der Waals surface area contributed by atoms with Gasteiger partial charge in [-0.05, 0) is 41.5 Å². The van der Waals surface area contributed by atoms with Crippen LogP contribution in [0.15, 0.2) is 0 Å². The average molecular weight is 908 g/mol. The Bertz CT molecular complexity index is 431. The molecule has 0 aromatic rings. The molecule has 0 aliphatic rings. The Morgan fingerprint density at radius 3 is 0.707 bits per heavy atom. The molecule has 0 rings (SSSR count). The molecule has 0 bridgehead atoms. The quantitative estimate of drug-likeness (QED) is 0.187. The van der Waals surface area contributed by atoms with Crippen molar-refractivity contribution in [1.29, 1.82) is 0 Å². The Labute approximate surface area is 307 Å². The molecule has 0 saturated carbocycles. The molecule has 0 aliphatic heterocycles. The van der Waals surface area contributed by atoms with Gasteiger partial charge in [-0.25, -0.2) is 0 Å². The van der Waals surface area contributed by atoms with Crippen molar-refractivity contribution in [2.24, 2.45) is 0 Å². The first kappa shape index (κ1) is 64.7. The molecule has 0 aromatic heterocycles. The van der Waals surface area contributed by atoms with Gasteiger partial charge < -0.3 is 45.6 Å². The van der Waals surface area contributed by atoms with Gasteiger partial charge in [0.15, 0.2) is 0 Å². The van der Waals surface area contributed by atoms with E-state index in [0.29, 0.717) is 13.2 Å². The van der Waals surface area contributed by atoms with Crippen LogP contribution in [0.25, 0.3) is 0 Å². The standard InChI is InChI=1S/C4H10O3.2C4H9.6C2H4OS.2Sn/c5-1-3-7-4-2-6;2*1-3-4-2;6*1-2(3)4;;/h5-6H,1-4H2;2*1,3-4H2,2H3;6*1H3,(H,3,4);;/q;;;;;;;;;2*+3/p-6. The first-order valence-electron chi connectivity index (χ1n) is 11.8. The molecule has 9 nitrogen and oxygen atoms in total. The van der Waals surface area contributed by atoms with Crippen LogP contribution in [-0.2, 0) is 4.74 Å². The molecule has 41 heavy (non-hydrogen) atoms. The predicted octanol–water partition coefficient (Wildman–Crippen LogP) is -0.102. The van der Waals surface area contributed by atoms with Crippen molar-refractivity contribution in [2.75, 3.05) is 26.4 Å². The van der Waals surface area contributed by atoms with Gasteiger partial charge in [-0.1, -0.05) is 30.3 Å². The van der Waals surface area contributed by atoms with Gasteiger partial charge in [-0.3, -0.25) is 0 Å². The van der Waals surface area contributed by atoms with Crippen LogP contribution < -0.4 is 30.6 Å². The summed E-state index contributed by atoms with van der Waals surface area (Å²) in [6.07, 6.45) is 5.59. The third kappa shape index (κ3) is 791. The predicted molar refractivity (Wildman–Crippen MR) is 186 cm³/mol. The van der Waals surface area contributed by atoms with E-state index >= 15 is 0 Å². The molecule has 0 spiro atoms. The largest absolute Gasteiger partial charge is 0.394 e. The molecule has 0 atom stereocenters. The van der Waals surface area contributed by atoms with E-state index in [2.05, 4.69) is 91.9 Å². The van der Waals surface area contributed by atoms with Crippen LogP contribution in [0.5, 0.6) is 0 Å². The summed E-state index contributed by atoms with van der Waals surface area (Å²) in [5, 5.41) is 70.2. The van der Waals surface area contributed by atoms with Gasteiger partial charge in [0, 0.05) is 0 Å². The number of aliphatic hydroxyl groups excluding tert-OH is 2. The number of unbranched alkanes of at least 4 members (excludes halogenated alkanes) is 2. The van der Waals surface area contributed by atoms with E-state index in [-0.39, 0.29) is 43.5 Å². The summed E-state index contributed by atoms with van der Waals surface area (Å²) < 4.78 is 7.50. The van der Waals surface area contributed by atoms with Gasteiger partial charge in [0.1, 0.15) is 0 Å². The Morgan fingerprint density at radius 2 is 0.659 bits per heavy atom. The van der Waals surface area contributed by atoms with Crippen molar-refractivity contribution < 1.29 is 45.6 Å². The smallest absolute Gasteiger partial charge is 0.0698 e. The Balaban J connectivity index is -0.0000000405. The number of hydrogen-bond acceptors (Lipinski definition) is 15. The van der Waals surface area contributed by atoms with Crippen LogP contribution >= 0.6 is 73.3 Å². The van der Waals surface area contributed by atoms with E-state index in [9.17, 15) is 30.6 Å². The van der Waals surface area contributed by atoms with Crippen molar-refractivity contribution in [1.82, 2.24) is 0 Å². The molecule has 0 aliphatic carbocycles. The van der Waals surface area contributed by atoms with Crippen LogP contribution in [0, 0.1) is 0 Å². The van der Waals surface area contributed by atoms with E-state index < -0.39 is 0 Å². The fourth-order valence-electron chi connectivity index (χ4n) is 0.585. The van der Waals surface area contributed by atoms with Gasteiger partial charge in [-0.15, -0.1) is 73.3 Å². The van der Waals surface area contributed by atoms with Gasteiger partial charge in [0.25, 0.3) is 0 Å². The maximum atomic E-state index is 9.26. The van der Waals surface area contributed by atoms with Gasteiger partial charge in [-0.2, -0.15) is 0 Å². The number of ether oxygens (including phenoxy) is 1. The van der Waals surface area contributed by atoms with Crippen LogP contribution in [0.1, 0.15) is 81.1 Å². The number of thiocarbonyl (C=S) groups is 6. The molecule has 0 aromatic carbocycles. The van der Waals surface area contributed by atoms with Crippen LogP contribution in [0.4, 0.5) is 0 Å². The fourth-order valence-corrected chi connectivity index (χ4v) is 2.60. The van der Waals surface area contributed by atoms with Crippen molar-refractivity contribution >= 4 is 149 Å². The zero-order chi connectivity index (χ0) is 35.2. The molecule has 0 unspecified atom stereocenters. The topological polar surface area (TPSA) is 188 Å². The van der Waals surface area contributed by atoms with E-state index in [1.807, 2.05) is 0 Å². The van der Waals surface area contributed by atoms with Crippen LogP contribution in [0.2, 0.25) is 8.87 Å². The van der Waals surface area contributed by atoms with Crippen molar-refractivity contribution in [3.05, 3.63) is 0 Å². The summed E-state index contributed by atoms with van der Waals surface area (Å²) in [5.41, 5.74) is 0. The number of hydrogen-bond donors (Lipinski definition) is 2. The van der Waals surface area contributed by atoms with Crippen molar-refractivity contribution in [3.8, 4) is 0 Å².